The van der Waals surface area contributed by atoms with Crippen LogP contribution in [0.25, 0.3) is 0 Å². The van der Waals surface area contributed by atoms with Gasteiger partial charge in [-0.3, -0.25) is 9.00 Å². The average molecular weight is 179 g/mol. The van der Waals surface area contributed by atoms with E-state index in [1.165, 1.54) is 0 Å². The van der Waals surface area contributed by atoms with Crippen LogP contribution in [-0.2, 0) is 15.9 Å². The fraction of sp³-hybridized carbons (Fsp3) is 0.800. The van der Waals surface area contributed by atoms with Crippen LogP contribution in [0.5, 0.6) is 0 Å². The predicted octanol–water partition coefficient (Wildman–Crippen LogP) is -1.67. The van der Waals surface area contributed by atoms with Crippen LogP contribution in [0.4, 0.5) is 0 Å². The van der Waals surface area contributed by atoms with Gasteiger partial charge in [-0.1, -0.05) is 0 Å². The van der Waals surface area contributed by atoms with Gasteiger partial charge in [-0.25, -0.2) is 0 Å². The van der Waals surface area contributed by atoms with Crippen LogP contribution in [-0.4, -0.2) is 33.5 Å². The van der Waals surface area contributed by atoms with Gasteiger partial charge in [0.25, 0.3) is 0 Å². The molecule has 0 aliphatic heterocycles. The van der Waals surface area contributed by atoms with E-state index in [-0.39, 0.29) is 0 Å². The van der Waals surface area contributed by atoms with E-state index in [0.717, 1.165) is 0 Å². The summed E-state index contributed by atoms with van der Waals surface area (Å²) in [5.41, 5.74) is 5.14. The van der Waals surface area contributed by atoms with E-state index in [2.05, 4.69) is 5.32 Å². The van der Waals surface area contributed by atoms with Crippen molar-refractivity contribution in [2.24, 2.45) is 5.73 Å². The van der Waals surface area contributed by atoms with Crippen LogP contribution in [0.1, 0.15) is 6.42 Å². The van der Waals surface area contributed by atoms with Gasteiger partial charge in [-0.15, -0.1) is 0 Å². The Bertz CT molecular complexity index is 151. The number of hydrogen-bond donors (Lipinski definition) is 2. The lowest BCUT2D eigenvalue weighted by Gasteiger charge is -2.05. The molecule has 0 aromatic rings. The Balaban J connectivity index is 3.30. The summed E-state index contributed by atoms with van der Waals surface area (Å²) >= 11 is -2.29. The van der Waals surface area contributed by atoms with Gasteiger partial charge in [0.2, 0.25) is 5.91 Å². The maximum absolute atomic E-state index is 10.6. The van der Waals surface area contributed by atoms with E-state index < -0.39 is 22.7 Å². The minimum atomic E-state index is -2.29. The molecule has 0 aromatic heterocycles. The second kappa shape index (κ2) is 6.26. The normalized spacial score (nSPS) is 12.5. The Hall–Kier alpha value is -0.460. The van der Waals surface area contributed by atoms with Gasteiger partial charge in [-0.05, 0) is 24.0 Å². The van der Waals surface area contributed by atoms with Gasteiger partial charge in [0.15, 0.2) is 0 Å². The van der Waals surface area contributed by atoms with Crippen molar-refractivity contribution < 1.29 is 13.6 Å². The first-order valence-corrected chi connectivity index (χ1v) is 4.44. The first-order valence-electron chi connectivity index (χ1n) is 3.19. The van der Waals surface area contributed by atoms with Crippen LogP contribution in [0, 0.1) is 0 Å². The standard InChI is InChI=1S/C5H12N2O3S/c6-2-1-3-7-5(8)4-11(9)10/h1-4,6H2,(H,7,8)(H,9,10)/p-1. The number of nitrogens with one attached hydrogen (secondary N) is 1. The Labute approximate surface area is 67.6 Å². The highest BCUT2D eigenvalue weighted by Crippen LogP contribution is 1.75. The summed E-state index contributed by atoms with van der Waals surface area (Å²) in [6.07, 6.45) is 0.664. The Kier molecular flexibility index (Phi) is 6.00. The van der Waals surface area contributed by atoms with Crippen LogP contribution in [0.3, 0.4) is 0 Å². The van der Waals surface area contributed by atoms with Gasteiger partial charge in [-0.2, -0.15) is 0 Å². The monoisotopic (exact) mass is 179 g/mol. The molecular formula is C5H11N2O3S-. The molecule has 0 heterocycles. The highest BCUT2D eigenvalue weighted by molar-refractivity contribution is 7.79. The van der Waals surface area contributed by atoms with Gasteiger partial charge >= 0.3 is 0 Å². The second-order valence-corrected chi connectivity index (χ2v) is 2.84. The van der Waals surface area contributed by atoms with Crippen LogP contribution in [0.2, 0.25) is 0 Å². The molecule has 0 bridgehead atoms. The molecule has 6 heteroatoms. The Morgan fingerprint density at radius 3 is 2.73 bits per heavy atom. The lowest BCUT2D eigenvalue weighted by Crippen LogP contribution is -2.29. The molecule has 11 heavy (non-hydrogen) atoms. The molecule has 0 aliphatic rings. The number of carbonyl (C=O) groups excluding carboxylic acids is 1. The number of hydrogen-bond acceptors (Lipinski definition) is 4. The van der Waals surface area contributed by atoms with Gasteiger partial charge < -0.3 is 15.6 Å². The predicted molar refractivity (Wildman–Crippen MR) is 40.5 cm³/mol. The van der Waals surface area contributed by atoms with E-state index in [0.29, 0.717) is 19.5 Å². The molecule has 1 amide bonds. The quantitative estimate of drug-likeness (QED) is 0.389. The lowest BCUT2D eigenvalue weighted by atomic mass is 10.4. The van der Waals surface area contributed by atoms with Crippen molar-refractivity contribution in [3.05, 3.63) is 0 Å². The first-order chi connectivity index (χ1) is 5.16. The largest absolute Gasteiger partial charge is 0.772 e. The van der Waals surface area contributed by atoms with E-state index in [9.17, 15) is 13.6 Å². The van der Waals surface area contributed by atoms with Crippen molar-refractivity contribution in [2.45, 2.75) is 6.42 Å². The van der Waals surface area contributed by atoms with E-state index in [1.54, 1.807) is 0 Å². The minimum Gasteiger partial charge on any atom is -0.772 e. The molecule has 1 unspecified atom stereocenters. The summed E-state index contributed by atoms with van der Waals surface area (Å²) in [5.74, 6) is -0.948. The molecule has 0 saturated carbocycles. The molecule has 0 aliphatic carbocycles. The molecule has 0 rings (SSSR count). The molecule has 0 saturated heterocycles. The molecule has 66 valence electrons. The third-order valence-corrected chi connectivity index (χ3v) is 1.45. The third-order valence-electron chi connectivity index (χ3n) is 0.952. The van der Waals surface area contributed by atoms with Crippen LogP contribution >= 0.6 is 0 Å². The number of nitrogens with two attached hydrogens (primary N) is 1. The highest BCUT2D eigenvalue weighted by Gasteiger charge is 1.97. The van der Waals surface area contributed by atoms with Crippen LogP contribution in [0.15, 0.2) is 0 Å². The molecule has 5 nitrogen and oxygen atoms in total. The zero-order valence-corrected chi connectivity index (χ0v) is 6.86. The van der Waals surface area contributed by atoms with E-state index in [1.807, 2.05) is 0 Å². The van der Waals surface area contributed by atoms with E-state index in [4.69, 9.17) is 5.73 Å². The van der Waals surface area contributed by atoms with Crippen molar-refractivity contribution >= 4 is 17.0 Å². The molecular weight excluding hydrogens is 168 g/mol. The number of amides is 1. The Morgan fingerprint density at radius 1 is 1.64 bits per heavy atom. The van der Waals surface area contributed by atoms with Crippen molar-refractivity contribution in [3.63, 3.8) is 0 Å². The molecule has 3 N–H and O–H groups in total. The minimum absolute atomic E-state index is 0.437. The topological polar surface area (TPSA) is 95.2 Å². The fourth-order valence-corrected chi connectivity index (χ4v) is 0.804. The molecule has 0 fully saturated rings. The smallest absolute Gasteiger partial charge is 0.231 e. The molecule has 0 radical (unpaired) electrons. The Morgan fingerprint density at radius 2 is 2.27 bits per heavy atom. The summed E-state index contributed by atoms with van der Waals surface area (Å²) in [4.78, 5) is 10.6. The summed E-state index contributed by atoms with van der Waals surface area (Å²) in [5, 5.41) is 2.40. The first kappa shape index (κ1) is 10.5. The maximum Gasteiger partial charge on any atom is 0.231 e. The summed E-state index contributed by atoms with van der Waals surface area (Å²) < 4.78 is 19.9. The van der Waals surface area contributed by atoms with Crippen molar-refractivity contribution in [3.8, 4) is 0 Å². The zero-order valence-electron chi connectivity index (χ0n) is 6.04. The SMILES string of the molecule is NCCCNC(=O)CS(=O)[O-]. The zero-order chi connectivity index (χ0) is 8.69. The highest BCUT2D eigenvalue weighted by atomic mass is 32.2. The molecule has 0 aromatic carbocycles. The fourth-order valence-electron chi connectivity index (χ4n) is 0.488. The third kappa shape index (κ3) is 7.44. The van der Waals surface area contributed by atoms with E-state index >= 15 is 0 Å². The van der Waals surface area contributed by atoms with Crippen molar-refractivity contribution in [1.82, 2.24) is 5.32 Å². The molecule has 1 atom stereocenters. The second-order valence-electron chi connectivity index (χ2n) is 1.94. The summed E-state index contributed by atoms with van der Waals surface area (Å²) in [7, 11) is 0. The van der Waals surface area contributed by atoms with Crippen molar-refractivity contribution in [2.75, 3.05) is 18.8 Å². The molecule has 0 spiro atoms. The van der Waals surface area contributed by atoms with Crippen LogP contribution < -0.4 is 11.1 Å². The summed E-state index contributed by atoms with van der Waals surface area (Å²) in [6.45, 7) is 0.924. The lowest BCUT2D eigenvalue weighted by molar-refractivity contribution is -0.118. The number of carbonyl (C=O) groups is 1. The van der Waals surface area contributed by atoms with Gasteiger partial charge in [0.05, 0.1) is 5.75 Å². The summed E-state index contributed by atoms with van der Waals surface area (Å²) in [6, 6.07) is 0. The number of rotatable bonds is 5. The van der Waals surface area contributed by atoms with Gasteiger partial charge in [0, 0.05) is 6.54 Å². The van der Waals surface area contributed by atoms with Gasteiger partial charge in [0.1, 0.15) is 0 Å². The van der Waals surface area contributed by atoms with Crippen molar-refractivity contribution in [1.29, 1.82) is 0 Å². The average Bonchev–Trinajstić information content (AvgIpc) is 1.86. The maximum atomic E-state index is 10.6.